The maximum atomic E-state index is 11.6. The molecule has 0 aromatic carbocycles. The highest BCUT2D eigenvalue weighted by Crippen LogP contribution is 2.36. The van der Waals surface area contributed by atoms with Crippen molar-refractivity contribution < 1.29 is 14.4 Å². The summed E-state index contributed by atoms with van der Waals surface area (Å²) in [6, 6.07) is 0. The van der Waals surface area contributed by atoms with E-state index in [0.717, 1.165) is 5.82 Å². The Hall–Kier alpha value is -2.09. The van der Waals surface area contributed by atoms with Gasteiger partial charge < -0.3 is 25.7 Å². The predicted octanol–water partition coefficient (Wildman–Crippen LogP) is 0.179. The quantitative estimate of drug-likeness (QED) is 0.382. The molecule has 1 aliphatic heterocycles. The number of nitrogens with two attached hydrogens (primary N) is 1. The molecule has 10 heteroatoms. The molecule has 0 radical (unpaired) electrons. The number of anilines is 3. The largest absolute Gasteiger partial charge is 0.369 e. The van der Waals surface area contributed by atoms with Gasteiger partial charge in [0.15, 0.2) is 5.82 Å². The van der Waals surface area contributed by atoms with E-state index in [1.807, 2.05) is 0 Å². The molecule has 0 saturated carbocycles. The number of hydrogen-bond donors (Lipinski definition) is 5. The second-order valence-corrected chi connectivity index (χ2v) is 6.04. The lowest BCUT2D eigenvalue weighted by molar-refractivity contribution is 0.386. The topological polar surface area (TPSA) is 145 Å². The molecule has 9 nitrogen and oxygen atoms in total. The molecule has 0 amide bonds. The summed E-state index contributed by atoms with van der Waals surface area (Å²) in [6.45, 7) is 4.61. The van der Waals surface area contributed by atoms with Gasteiger partial charge in [-0.3, -0.25) is 14.3 Å². The molecule has 0 aliphatic carbocycles. The Kier molecular flexibility index (Phi) is 4.17. The van der Waals surface area contributed by atoms with Gasteiger partial charge in [-0.25, -0.2) is 0 Å². The van der Waals surface area contributed by atoms with Crippen LogP contribution in [0.4, 0.5) is 17.5 Å². The first-order valence-electron chi connectivity index (χ1n) is 6.07. The fourth-order valence-electron chi connectivity index (χ4n) is 1.87. The van der Waals surface area contributed by atoms with Crippen molar-refractivity contribution in [1.82, 2.24) is 9.97 Å². The zero-order chi connectivity index (χ0) is 15.6. The molecular formula is C11H16N5O4P. The fraction of sp³-hybridized carbons (Fsp3) is 0.273. The average Bonchev–Trinajstić information content (AvgIpc) is 2.76. The van der Waals surface area contributed by atoms with Crippen LogP contribution in [0.3, 0.4) is 0 Å². The number of hydrogen-bond acceptors (Lipinski definition) is 6. The van der Waals surface area contributed by atoms with E-state index < -0.39 is 7.60 Å². The molecule has 1 aromatic rings. The molecule has 2 heterocycles. The molecular weight excluding hydrogens is 297 g/mol. The second kappa shape index (κ2) is 5.72. The van der Waals surface area contributed by atoms with Crippen molar-refractivity contribution in [2.75, 3.05) is 29.2 Å². The standard InChI is InChI=1S/C11H16N5O4P/c1-7(3-5-21(18,19)20)2-4-16-6-13-8-9(16)14-11(12)15-10(8)17/h3,5,13H,1-2,4,6H2,(H2,18,19,20)(H3,12,14,15,17). The molecule has 0 atom stereocenters. The van der Waals surface area contributed by atoms with Crippen LogP contribution in [0.25, 0.3) is 0 Å². The Bertz CT molecular complexity index is 692. The third-order valence-electron chi connectivity index (χ3n) is 2.87. The van der Waals surface area contributed by atoms with Gasteiger partial charge >= 0.3 is 7.60 Å². The van der Waals surface area contributed by atoms with E-state index in [-0.39, 0.29) is 11.5 Å². The number of nitrogen functional groups attached to an aromatic ring is 1. The summed E-state index contributed by atoms with van der Waals surface area (Å²) < 4.78 is 10.7. The molecule has 6 N–H and O–H groups in total. The third kappa shape index (κ3) is 3.94. The summed E-state index contributed by atoms with van der Waals surface area (Å²) in [5, 5.41) is 2.92. The van der Waals surface area contributed by atoms with Crippen LogP contribution in [0.2, 0.25) is 0 Å². The van der Waals surface area contributed by atoms with Crippen molar-refractivity contribution in [1.29, 1.82) is 0 Å². The van der Waals surface area contributed by atoms with Crippen molar-refractivity contribution >= 4 is 25.0 Å². The highest BCUT2D eigenvalue weighted by molar-refractivity contribution is 7.55. The van der Waals surface area contributed by atoms with Gasteiger partial charge in [-0.1, -0.05) is 18.2 Å². The Labute approximate surface area is 120 Å². The first kappa shape index (κ1) is 15.3. The van der Waals surface area contributed by atoms with Crippen LogP contribution >= 0.6 is 7.60 Å². The van der Waals surface area contributed by atoms with Crippen molar-refractivity contribution in [3.05, 3.63) is 34.4 Å². The second-order valence-electron chi connectivity index (χ2n) is 4.56. The number of aromatic amines is 1. The van der Waals surface area contributed by atoms with E-state index in [4.69, 9.17) is 15.5 Å². The minimum atomic E-state index is -4.18. The minimum Gasteiger partial charge on any atom is -0.369 e. The molecule has 0 bridgehead atoms. The lowest BCUT2D eigenvalue weighted by Crippen LogP contribution is -2.24. The molecule has 0 unspecified atom stereocenters. The normalized spacial score (nSPS) is 14.3. The average molecular weight is 313 g/mol. The Morgan fingerprint density at radius 3 is 2.95 bits per heavy atom. The van der Waals surface area contributed by atoms with E-state index in [2.05, 4.69) is 21.9 Å². The van der Waals surface area contributed by atoms with Crippen LogP contribution in [0.15, 0.2) is 28.8 Å². The Balaban J connectivity index is 2.02. The van der Waals surface area contributed by atoms with Crippen LogP contribution in [0.5, 0.6) is 0 Å². The van der Waals surface area contributed by atoms with Gasteiger partial charge in [0.25, 0.3) is 5.56 Å². The SMILES string of the molecule is C=C(C=CP(=O)(O)O)CCN1CNc2c1nc(N)[nH]c2=O. The predicted molar refractivity (Wildman–Crippen MR) is 80.0 cm³/mol. The molecule has 0 fully saturated rings. The summed E-state index contributed by atoms with van der Waals surface area (Å²) in [5.41, 5.74) is 6.10. The summed E-state index contributed by atoms with van der Waals surface area (Å²) in [4.78, 5) is 37.4. The third-order valence-corrected chi connectivity index (χ3v) is 3.41. The summed E-state index contributed by atoms with van der Waals surface area (Å²) in [7, 11) is -4.18. The molecule has 21 heavy (non-hydrogen) atoms. The lowest BCUT2D eigenvalue weighted by Gasteiger charge is -2.16. The first-order chi connectivity index (χ1) is 9.76. The minimum absolute atomic E-state index is 0.0349. The number of H-pyrrole nitrogens is 1. The van der Waals surface area contributed by atoms with Crippen LogP contribution < -0.4 is 21.5 Å². The van der Waals surface area contributed by atoms with Gasteiger partial charge in [0, 0.05) is 12.4 Å². The highest BCUT2D eigenvalue weighted by atomic mass is 31.2. The van der Waals surface area contributed by atoms with E-state index in [1.165, 1.54) is 6.08 Å². The Morgan fingerprint density at radius 2 is 2.29 bits per heavy atom. The van der Waals surface area contributed by atoms with Crippen LogP contribution in [0.1, 0.15) is 6.42 Å². The number of aromatic nitrogens is 2. The smallest absolute Gasteiger partial charge is 0.349 e. The zero-order valence-electron chi connectivity index (χ0n) is 11.1. The number of nitrogens with one attached hydrogen (secondary N) is 2. The number of allylic oxidation sites excluding steroid dienone is 1. The van der Waals surface area contributed by atoms with Crippen LogP contribution in [-0.2, 0) is 4.57 Å². The molecule has 2 rings (SSSR count). The number of fused-ring (bicyclic) bond motifs is 1. The van der Waals surface area contributed by atoms with E-state index in [9.17, 15) is 9.36 Å². The van der Waals surface area contributed by atoms with E-state index >= 15 is 0 Å². The molecule has 0 spiro atoms. The van der Waals surface area contributed by atoms with Crippen molar-refractivity contribution in [3.8, 4) is 0 Å². The number of rotatable bonds is 5. The summed E-state index contributed by atoms with van der Waals surface area (Å²) in [5.74, 6) is 1.31. The van der Waals surface area contributed by atoms with Gasteiger partial charge in [0.1, 0.15) is 5.69 Å². The van der Waals surface area contributed by atoms with Gasteiger partial charge in [0.2, 0.25) is 5.95 Å². The monoisotopic (exact) mass is 313 g/mol. The maximum Gasteiger partial charge on any atom is 0.349 e. The zero-order valence-corrected chi connectivity index (χ0v) is 12.0. The first-order valence-corrected chi connectivity index (χ1v) is 7.75. The summed E-state index contributed by atoms with van der Waals surface area (Å²) in [6.07, 6.45) is 1.76. The van der Waals surface area contributed by atoms with E-state index in [1.54, 1.807) is 4.90 Å². The Morgan fingerprint density at radius 1 is 1.57 bits per heavy atom. The molecule has 0 saturated heterocycles. The van der Waals surface area contributed by atoms with Crippen molar-refractivity contribution in [2.24, 2.45) is 0 Å². The van der Waals surface area contributed by atoms with Crippen molar-refractivity contribution in [3.63, 3.8) is 0 Å². The van der Waals surface area contributed by atoms with Gasteiger partial charge in [0.05, 0.1) is 6.67 Å². The summed E-state index contributed by atoms with van der Waals surface area (Å²) >= 11 is 0. The van der Waals surface area contributed by atoms with E-state index in [0.29, 0.717) is 36.7 Å². The van der Waals surface area contributed by atoms with Crippen molar-refractivity contribution in [2.45, 2.75) is 6.42 Å². The van der Waals surface area contributed by atoms with Crippen LogP contribution in [0, 0.1) is 0 Å². The molecule has 1 aromatic heterocycles. The molecule has 1 aliphatic rings. The van der Waals surface area contributed by atoms with Crippen LogP contribution in [-0.4, -0.2) is 33.0 Å². The maximum absolute atomic E-state index is 11.6. The lowest BCUT2D eigenvalue weighted by atomic mass is 10.2. The highest BCUT2D eigenvalue weighted by Gasteiger charge is 2.23. The molecule has 114 valence electrons. The van der Waals surface area contributed by atoms with Gasteiger partial charge in [-0.15, -0.1) is 0 Å². The number of nitrogens with zero attached hydrogens (tertiary/aromatic N) is 2. The van der Waals surface area contributed by atoms with Gasteiger partial charge in [-0.05, 0) is 6.42 Å². The van der Waals surface area contributed by atoms with Gasteiger partial charge in [-0.2, -0.15) is 4.98 Å². The fourth-order valence-corrected chi connectivity index (χ4v) is 2.27.